The van der Waals surface area contributed by atoms with Gasteiger partial charge in [0, 0.05) is 33.8 Å². The first-order chi connectivity index (χ1) is 15.0. The first kappa shape index (κ1) is 31.9. The van der Waals surface area contributed by atoms with E-state index in [-0.39, 0.29) is 0 Å². The molecule has 0 amide bonds. The molecule has 2 rings (SSSR count). The molecule has 0 spiro atoms. The van der Waals surface area contributed by atoms with Crippen molar-refractivity contribution in [3.63, 3.8) is 0 Å². The van der Waals surface area contributed by atoms with Crippen molar-refractivity contribution in [1.82, 2.24) is 0 Å². The van der Waals surface area contributed by atoms with Crippen molar-refractivity contribution in [2.75, 3.05) is 0 Å². The fourth-order valence-corrected chi connectivity index (χ4v) is 2.39. The first-order valence-corrected chi connectivity index (χ1v) is 11.9. The maximum atomic E-state index is 12.9. The van der Waals surface area contributed by atoms with Crippen LogP contribution in [0.1, 0.15) is 35.1 Å². The maximum absolute atomic E-state index is 12.9. The predicted molar refractivity (Wildman–Crippen MR) is 97.9 cm³/mol. The average molecular weight is 703 g/mol. The van der Waals surface area contributed by atoms with Crippen LogP contribution in [-0.4, -0.2) is 0 Å². The second-order valence-corrected chi connectivity index (χ2v) is 6.43. The van der Waals surface area contributed by atoms with Gasteiger partial charge < -0.3 is 0 Å². The predicted octanol–water partition coefficient (Wildman–Crippen LogP) is 9.81. The minimum absolute atomic E-state index is 0.743. The van der Waals surface area contributed by atoms with Gasteiger partial charge in [0.15, 0.2) is 46.5 Å². The fraction of sp³-hybridized carbons (Fsp3) is 0.250. The highest BCUT2D eigenvalue weighted by Gasteiger charge is 2.39. The SMILES string of the molecule is BrBr.Cc1c(F)c(F)c(C(F)(F)Br)c(F)c1F.Fc1c(F)c(C(F)F)c(F)c(F)c1C(F)F. The summed E-state index contributed by atoms with van der Waals surface area (Å²) in [4.78, 5) is -4.17. The molecule has 17 heteroatoms. The Morgan fingerprint density at radius 2 is 0.788 bits per heavy atom. The van der Waals surface area contributed by atoms with Gasteiger partial charge in [-0.25, -0.2) is 52.7 Å². The van der Waals surface area contributed by atoms with Gasteiger partial charge in [-0.05, 0) is 22.9 Å². The van der Waals surface area contributed by atoms with E-state index in [0.717, 1.165) is 6.92 Å². The Labute approximate surface area is 198 Å². The zero-order valence-corrected chi connectivity index (χ0v) is 19.8. The lowest BCUT2D eigenvalue weighted by Gasteiger charge is -2.13. The quantitative estimate of drug-likeness (QED) is 0.170. The van der Waals surface area contributed by atoms with Crippen LogP contribution in [0.3, 0.4) is 0 Å². The average Bonchev–Trinajstić information content (AvgIpc) is 2.70. The summed E-state index contributed by atoms with van der Waals surface area (Å²) in [5.41, 5.74) is -7.34. The standard InChI is InChI=1S/C8H3BrF6.C8H2F8.Br2/c1-2-4(10)6(12)3(8(9,14)15)7(13)5(2)11;9-3-1(7(13)14)4(10)6(12)2(5(3)11)8(15)16;1-2/h1H3;7-8H;. The highest BCUT2D eigenvalue weighted by Crippen LogP contribution is 2.40. The zero-order valence-electron chi connectivity index (χ0n) is 15.1. The Hall–Kier alpha value is -1.10. The molecule has 0 saturated heterocycles. The Kier molecular flexibility index (Phi) is 12.1. The fourth-order valence-electron chi connectivity index (χ4n) is 2.04. The maximum Gasteiger partial charge on any atom is 0.332 e. The number of hydrogen-bond donors (Lipinski definition) is 0. The Bertz CT molecular complexity index is 891. The molecule has 0 atom stereocenters. The van der Waals surface area contributed by atoms with Crippen LogP contribution in [0.15, 0.2) is 0 Å². The van der Waals surface area contributed by atoms with Gasteiger partial charge in [-0.1, -0.05) is 0 Å². The van der Waals surface area contributed by atoms with E-state index in [9.17, 15) is 61.5 Å². The van der Waals surface area contributed by atoms with Gasteiger partial charge in [-0.15, -0.1) is 0 Å². The summed E-state index contributed by atoms with van der Waals surface area (Å²) in [5.74, 6) is -17.9. The third-order valence-electron chi connectivity index (χ3n) is 3.53. The van der Waals surface area contributed by atoms with Crippen LogP contribution in [0, 0.1) is 53.5 Å². The van der Waals surface area contributed by atoms with Crippen molar-refractivity contribution < 1.29 is 61.5 Å². The minimum atomic E-state index is -4.17. The largest absolute Gasteiger partial charge is 0.332 e. The molecule has 0 N–H and O–H groups in total. The Balaban J connectivity index is 0.000000578. The van der Waals surface area contributed by atoms with Crippen molar-refractivity contribution >= 4 is 44.2 Å². The topological polar surface area (TPSA) is 0 Å². The lowest BCUT2D eigenvalue weighted by atomic mass is 10.1. The van der Waals surface area contributed by atoms with E-state index >= 15 is 0 Å². The first-order valence-electron chi connectivity index (χ1n) is 7.42. The van der Waals surface area contributed by atoms with E-state index in [1.807, 2.05) is 0 Å². The van der Waals surface area contributed by atoms with Gasteiger partial charge in [-0.3, -0.25) is 0 Å². The number of alkyl halides is 7. The smallest absolute Gasteiger partial charge is 0.205 e. The second kappa shape index (κ2) is 12.6. The highest BCUT2D eigenvalue weighted by molar-refractivity contribution is 9.93. The molecule has 0 aliphatic rings. The monoisotopic (exact) mass is 700 g/mol. The third kappa shape index (κ3) is 6.96. The van der Waals surface area contributed by atoms with E-state index in [2.05, 4.69) is 28.3 Å². The molecule has 0 fully saturated rings. The number of benzene rings is 2. The molecule has 0 heterocycles. The Morgan fingerprint density at radius 3 is 0.970 bits per heavy atom. The Morgan fingerprint density at radius 1 is 0.545 bits per heavy atom. The van der Waals surface area contributed by atoms with E-state index in [1.54, 1.807) is 15.9 Å². The zero-order chi connectivity index (χ0) is 26.6. The molecule has 33 heavy (non-hydrogen) atoms. The van der Waals surface area contributed by atoms with E-state index in [4.69, 9.17) is 0 Å². The molecule has 0 nitrogen and oxygen atoms in total. The summed E-state index contributed by atoms with van der Waals surface area (Å²) in [7, 11) is 0. The van der Waals surface area contributed by atoms with Crippen molar-refractivity contribution in [3.05, 3.63) is 68.8 Å². The molecular weight excluding hydrogens is 698 g/mol. The molecule has 2 aromatic rings. The van der Waals surface area contributed by atoms with E-state index < -0.39 is 86.5 Å². The van der Waals surface area contributed by atoms with Gasteiger partial charge >= 0.3 is 4.83 Å². The van der Waals surface area contributed by atoms with Crippen molar-refractivity contribution in [3.8, 4) is 0 Å². The van der Waals surface area contributed by atoms with Crippen LogP contribution in [-0.2, 0) is 4.83 Å². The third-order valence-corrected chi connectivity index (χ3v) is 3.93. The van der Waals surface area contributed by atoms with Gasteiger partial charge in [0.2, 0.25) is 0 Å². The number of halogens is 17. The highest BCUT2D eigenvalue weighted by atomic mass is 80.9. The molecule has 188 valence electrons. The normalized spacial score (nSPS) is 11.3. The second-order valence-electron chi connectivity index (χ2n) is 5.44. The number of hydrogen-bond acceptors (Lipinski definition) is 0. The van der Waals surface area contributed by atoms with Crippen LogP contribution in [0.5, 0.6) is 0 Å². The van der Waals surface area contributed by atoms with Crippen LogP contribution in [0.2, 0.25) is 0 Å². The lowest BCUT2D eigenvalue weighted by molar-refractivity contribution is 0.102. The molecular formula is C16H5Br3F14. The van der Waals surface area contributed by atoms with Crippen LogP contribution >= 0.6 is 44.2 Å². The van der Waals surface area contributed by atoms with Crippen molar-refractivity contribution in [1.29, 1.82) is 0 Å². The summed E-state index contributed by atoms with van der Waals surface area (Å²) in [6.45, 7) is 0.743. The van der Waals surface area contributed by atoms with Gasteiger partial charge in [0.05, 0.1) is 11.1 Å². The van der Waals surface area contributed by atoms with Crippen LogP contribution in [0.4, 0.5) is 61.5 Å². The molecule has 0 aliphatic heterocycles. The molecule has 0 saturated carbocycles. The summed E-state index contributed by atoms with van der Waals surface area (Å²) >= 11 is 7.13. The van der Waals surface area contributed by atoms with E-state index in [0.29, 0.717) is 0 Å². The van der Waals surface area contributed by atoms with Gasteiger partial charge in [0.1, 0.15) is 5.56 Å². The van der Waals surface area contributed by atoms with Crippen LogP contribution in [0.25, 0.3) is 0 Å². The van der Waals surface area contributed by atoms with Gasteiger partial charge in [-0.2, -0.15) is 8.78 Å². The lowest BCUT2D eigenvalue weighted by Crippen LogP contribution is -2.14. The van der Waals surface area contributed by atoms with Crippen molar-refractivity contribution in [2.24, 2.45) is 0 Å². The molecule has 0 aliphatic carbocycles. The number of rotatable bonds is 3. The minimum Gasteiger partial charge on any atom is -0.205 e. The van der Waals surface area contributed by atoms with Crippen LogP contribution < -0.4 is 0 Å². The van der Waals surface area contributed by atoms with Crippen molar-refractivity contribution in [2.45, 2.75) is 24.6 Å². The molecule has 0 unspecified atom stereocenters. The summed E-state index contributed by atoms with van der Waals surface area (Å²) < 4.78 is 175. The van der Waals surface area contributed by atoms with Gasteiger partial charge in [0.25, 0.3) is 12.9 Å². The molecule has 0 radical (unpaired) electrons. The summed E-state index contributed by atoms with van der Waals surface area (Å²) in [6, 6.07) is 0. The molecule has 2 aromatic carbocycles. The molecule has 0 aromatic heterocycles. The summed E-state index contributed by atoms with van der Waals surface area (Å²) in [6.07, 6.45) is -7.70. The summed E-state index contributed by atoms with van der Waals surface area (Å²) in [5, 5.41) is 0. The molecule has 0 bridgehead atoms. The van der Waals surface area contributed by atoms with E-state index in [1.165, 1.54) is 0 Å².